The molecule has 0 spiro atoms. The number of methoxy groups -OCH3 is 1. The van der Waals surface area contributed by atoms with Crippen LogP contribution in [0.25, 0.3) is 10.9 Å². The van der Waals surface area contributed by atoms with Gasteiger partial charge in [0.15, 0.2) is 6.29 Å². The van der Waals surface area contributed by atoms with Gasteiger partial charge in [-0.2, -0.15) is 0 Å². The Morgan fingerprint density at radius 2 is 2.11 bits per heavy atom. The number of aromatic nitrogens is 1. The molecule has 2 heterocycles. The number of nitrogens with one attached hydrogen (secondary N) is 1. The van der Waals surface area contributed by atoms with Crippen molar-refractivity contribution in [1.29, 1.82) is 0 Å². The van der Waals surface area contributed by atoms with Crippen LogP contribution in [0.3, 0.4) is 0 Å². The molecule has 2 aromatic rings. The van der Waals surface area contributed by atoms with Gasteiger partial charge < -0.3 is 19.2 Å². The van der Waals surface area contributed by atoms with Crippen molar-refractivity contribution < 1.29 is 19.0 Å². The number of aromatic amines is 1. The molecule has 1 aromatic heterocycles. The second kappa shape index (κ2) is 4.44. The molecule has 1 aliphatic rings. The van der Waals surface area contributed by atoms with Crippen molar-refractivity contribution in [3.63, 3.8) is 0 Å². The minimum Gasteiger partial charge on any atom is -0.464 e. The van der Waals surface area contributed by atoms with E-state index in [1.54, 1.807) is 6.07 Å². The van der Waals surface area contributed by atoms with Gasteiger partial charge in [0, 0.05) is 16.5 Å². The van der Waals surface area contributed by atoms with Gasteiger partial charge in [0.05, 0.1) is 20.3 Å². The van der Waals surface area contributed by atoms with Crippen LogP contribution in [0.1, 0.15) is 22.3 Å². The number of benzene rings is 1. The molecule has 1 aliphatic heterocycles. The van der Waals surface area contributed by atoms with E-state index in [0.717, 1.165) is 16.5 Å². The summed E-state index contributed by atoms with van der Waals surface area (Å²) in [5.74, 6) is -0.374. The Labute approximate surface area is 104 Å². The van der Waals surface area contributed by atoms with Crippen molar-refractivity contribution in [2.24, 2.45) is 0 Å². The first-order chi connectivity index (χ1) is 8.78. The fourth-order valence-electron chi connectivity index (χ4n) is 2.07. The van der Waals surface area contributed by atoms with Gasteiger partial charge >= 0.3 is 5.97 Å². The van der Waals surface area contributed by atoms with E-state index >= 15 is 0 Å². The van der Waals surface area contributed by atoms with E-state index in [4.69, 9.17) is 9.47 Å². The number of H-pyrrole nitrogens is 1. The van der Waals surface area contributed by atoms with Crippen LogP contribution in [-0.2, 0) is 14.2 Å². The van der Waals surface area contributed by atoms with E-state index in [0.29, 0.717) is 18.9 Å². The third-order valence-corrected chi connectivity index (χ3v) is 2.94. The number of carbonyl (C=O) groups is 1. The minimum atomic E-state index is -0.374. The first-order valence-electron chi connectivity index (χ1n) is 5.72. The summed E-state index contributed by atoms with van der Waals surface area (Å²) in [6.07, 6.45) is -0.300. The summed E-state index contributed by atoms with van der Waals surface area (Å²) in [5, 5.41) is 0.937. The van der Waals surface area contributed by atoms with E-state index < -0.39 is 0 Å². The first kappa shape index (κ1) is 11.3. The maximum absolute atomic E-state index is 11.4. The average Bonchev–Trinajstić information content (AvgIpc) is 3.05. The van der Waals surface area contributed by atoms with Crippen LogP contribution in [0, 0.1) is 0 Å². The Morgan fingerprint density at radius 3 is 2.83 bits per heavy atom. The molecule has 94 valence electrons. The highest BCUT2D eigenvalue weighted by atomic mass is 16.7. The maximum atomic E-state index is 11.4. The molecule has 18 heavy (non-hydrogen) atoms. The van der Waals surface area contributed by atoms with Crippen LogP contribution in [0.5, 0.6) is 0 Å². The zero-order valence-electron chi connectivity index (χ0n) is 9.93. The molecule has 0 aliphatic carbocycles. The van der Waals surface area contributed by atoms with E-state index in [1.807, 2.05) is 18.2 Å². The predicted molar refractivity (Wildman–Crippen MR) is 64.3 cm³/mol. The summed E-state index contributed by atoms with van der Waals surface area (Å²) in [5.41, 5.74) is 2.28. The summed E-state index contributed by atoms with van der Waals surface area (Å²) in [6, 6.07) is 7.55. The van der Waals surface area contributed by atoms with Crippen LogP contribution < -0.4 is 0 Å². The second-order valence-electron chi connectivity index (χ2n) is 4.09. The van der Waals surface area contributed by atoms with Crippen molar-refractivity contribution in [1.82, 2.24) is 4.98 Å². The number of rotatable bonds is 2. The molecule has 5 nitrogen and oxygen atoms in total. The minimum absolute atomic E-state index is 0.300. The number of hydrogen-bond acceptors (Lipinski definition) is 4. The smallest absolute Gasteiger partial charge is 0.354 e. The van der Waals surface area contributed by atoms with Gasteiger partial charge in [-0.1, -0.05) is 6.07 Å². The quantitative estimate of drug-likeness (QED) is 0.824. The van der Waals surface area contributed by atoms with Gasteiger partial charge in [0.1, 0.15) is 5.69 Å². The first-order valence-corrected chi connectivity index (χ1v) is 5.72. The van der Waals surface area contributed by atoms with Gasteiger partial charge in [0.2, 0.25) is 0 Å². The van der Waals surface area contributed by atoms with E-state index in [2.05, 4.69) is 9.72 Å². The van der Waals surface area contributed by atoms with E-state index in [1.165, 1.54) is 7.11 Å². The molecular formula is C13H13NO4. The van der Waals surface area contributed by atoms with E-state index in [9.17, 15) is 4.79 Å². The summed E-state index contributed by atoms with van der Waals surface area (Å²) < 4.78 is 15.6. The maximum Gasteiger partial charge on any atom is 0.354 e. The Morgan fingerprint density at radius 1 is 1.33 bits per heavy atom. The topological polar surface area (TPSA) is 60.6 Å². The third kappa shape index (κ3) is 1.87. The molecule has 1 aromatic carbocycles. The summed E-state index contributed by atoms with van der Waals surface area (Å²) in [7, 11) is 1.36. The Hall–Kier alpha value is -1.85. The highest BCUT2D eigenvalue weighted by molar-refractivity contribution is 5.94. The fraction of sp³-hybridized carbons (Fsp3) is 0.308. The van der Waals surface area contributed by atoms with Crippen molar-refractivity contribution in [2.45, 2.75) is 6.29 Å². The second-order valence-corrected chi connectivity index (χ2v) is 4.09. The predicted octanol–water partition coefficient (Wildman–Crippen LogP) is 2.00. The molecule has 5 heteroatoms. The summed E-state index contributed by atoms with van der Waals surface area (Å²) >= 11 is 0. The highest BCUT2D eigenvalue weighted by Crippen LogP contribution is 2.26. The summed E-state index contributed by atoms with van der Waals surface area (Å²) in [6.45, 7) is 1.23. The summed E-state index contributed by atoms with van der Waals surface area (Å²) in [4.78, 5) is 14.4. The Bertz CT molecular complexity index is 584. The Balaban J connectivity index is 1.98. The Kier molecular flexibility index (Phi) is 2.77. The molecule has 0 unspecified atom stereocenters. The average molecular weight is 247 g/mol. The number of ether oxygens (including phenoxy) is 3. The molecule has 1 fully saturated rings. The number of carbonyl (C=O) groups excluding carboxylic acids is 1. The zero-order chi connectivity index (χ0) is 12.5. The lowest BCUT2D eigenvalue weighted by Crippen LogP contribution is -2.00. The van der Waals surface area contributed by atoms with Gasteiger partial charge in [-0.3, -0.25) is 0 Å². The SMILES string of the molecule is COC(=O)c1cc2cc(C3OCCO3)ccc2[nH]1. The van der Waals surface area contributed by atoms with E-state index in [-0.39, 0.29) is 12.3 Å². The van der Waals surface area contributed by atoms with Crippen LogP contribution in [-0.4, -0.2) is 31.3 Å². The van der Waals surface area contributed by atoms with Crippen LogP contribution in [0.15, 0.2) is 24.3 Å². The largest absolute Gasteiger partial charge is 0.464 e. The van der Waals surface area contributed by atoms with Gasteiger partial charge in [-0.15, -0.1) is 0 Å². The molecule has 0 atom stereocenters. The monoisotopic (exact) mass is 247 g/mol. The highest BCUT2D eigenvalue weighted by Gasteiger charge is 2.19. The standard InChI is InChI=1S/C13H13NO4/c1-16-12(15)11-7-9-6-8(2-3-10(9)14-11)13-17-4-5-18-13/h2-3,6-7,13-14H,4-5H2,1H3. The van der Waals surface area contributed by atoms with Crippen molar-refractivity contribution in [3.05, 3.63) is 35.5 Å². The molecule has 3 rings (SSSR count). The number of hydrogen-bond donors (Lipinski definition) is 1. The van der Waals surface area contributed by atoms with Crippen LogP contribution in [0.4, 0.5) is 0 Å². The number of esters is 1. The number of fused-ring (bicyclic) bond motifs is 1. The van der Waals surface area contributed by atoms with Crippen molar-refractivity contribution >= 4 is 16.9 Å². The zero-order valence-corrected chi connectivity index (χ0v) is 9.93. The molecule has 1 N–H and O–H groups in total. The third-order valence-electron chi connectivity index (χ3n) is 2.94. The molecule has 0 saturated carbocycles. The molecule has 0 amide bonds. The normalized spacial score (nSPS) is 16.3. The van der Waals surface area contributed by atoms with Crippen molar-refractivity contribution in [3.8, 4) is 0 Å². The lowest BCUT2D eigenvalue weighted by molar-refractivity contribution is -0.0440. The fourth-order valence-corrected chi connectivity index (χ4v) is 2.07. The molecule has 0 bridgehead atoms. The lowest BCUT2D eigenvalue weighted by atomic mass is 10.1. The molecule has 0 radical (unpaired) electrons. The molecular weight excluding hydrogens is 234 g/mol. The molecule has 1 saturated heterocycles. The van der Waals surface area contributed by atoms with Gasteiger partial charge in [0.25, 0.3) is 0 Å². The van der Waals surface area contributed by atoms with Gasteiger partial charge in [-0.05, 0) is 18.2 Å². The lowest BCUT2D eigenvalue weighted by Gasteiger charge is -2.08. The van der Waals surface area contributed by atoms with Crippen molar-refractivity contribution in [2.75, 3.05) is 20.3 Å². The van der Waals surface area contributed by atoms with Crippen LogP contribution in [0.2, 0.25) is 0 Å². The van der Waals surface area contributed by atoms with Gasteiger partial charge in [-0.25, -0.2) is 4.79 Å². The van der Waals surface area contributed by atoms with Crippen LogP contribution >= 0.6 is 0 Å².